The molecule has 10 heteroatoms. The summed E-state index contributed by atoms with van der Waals surface area (Å²) >= 11 is 5.96. The smallest absolute Gasteiger partial charge is 0.243 e. The van der Waals surface area contributed by atoms with Crippen molar-refractivity contribution in [1.82, 2.24) is 10.2 Å². The number of carbonyl (C=O) groups excluding carboxylic acids is 2. The van der Waals surface area contributed by atoms with Crippen LogP contribution in [0, 0.1) is 5.82 Å². The Labute approximate surface area is 247 Å². The van der Waals surface area contributed by atoms with E-state index in [1.165, 1.54) is 15.3 Å². The highest BCUT2D eigenvalue weighted by Crippen LogP contribution is 2.22. The number of sulfonamides is 1. The molecule has 3 aromatic rings. The third-order valence-electron chi connectivity index (χ3n) is 6.33. The van der Waals surface area contributed by atoms with E-state index in [4.69, 9.17) is 11.6 Å². The molecule has 0 fully saturated rings. The molecule has 220 valence electrons. The number of nitrogens with zero attached hydrogens (tertiary/aromatic N) is 2. The second-order valence-electron chi connectivity index (χ2n) is 11.0. The maximum Gasteiger partial charge on any atom is 0.243 e. The van der Waals surface area contributed by atoms with Gasteiger partial charge in [0.2, 0.25) is 21.8 Å². The van der Waals surface area contributed by atoms with Crippen LogP contribution < -0.4 is 9.62 Å². The van der Waals surface area contributed by atoms with E-state index in [1.54, 1.807) is 42.5 Å². The van der Waals surface area contributed by atoms with Gasteiger partial charge in [0.25, 0.3) is 0 Å². The fourth-order valence-corrected chi connectivity index (χ4v) is 5.52. The first-order valence-electron chi connectivity index (χ1n) is 13.4. The van der Waals surface area contributed by atoms with Crippen LogP contribution in [0.15, 0.2) is 78.9 Å². The topological polar surface area (TPSA) is 86.8 Å². The number of halogens is 2. The van der Waals surface area contributed by atoms with Crippen molar-refractivity contribution in [3.05, 3.63) is 101 Å². The lowest BCUT2D eigenvalue weighted by molar-refractivity contribution is -0.142. The molecule has 3 aromatic carbocycles. The number of nitrogens with one attached hydrogen (secondary N) is 1. The number of carbonyl (C=O) groups is 2. The van der Waals surface area contributed by atoms with E-state index in [9.17, 15) is 22.4 Å². The molecule has 0 aliphatic carbocycles. The van der Waals surface area contributed by atoms with Gasteiger partial charge in [0, 0.05) is 42.1 Å². The molecular formula is C31H37ClFN3O4S. The second kappa shape index (κ2) is 14.0. The molecule has 1 N–H and O–H groups in total. The SMILES string of the molecule is CC(C)(C)NC(=O)[C@@H](Cc1ccccc1)N(Cc1ccccc1F)C(=O)CCCN(c1ccc(Cl)cc1)S(C)(=O)=O. The Morgan fingerprint density at radius 1 is 0.951 bits per heavy atom. The maximum absolute atomic E-state index is 14.8. The van der Waals surface area contributed by atoms with Crippen LogP contribution in [0.1, 0.15) is 44.7 Å². The van der Waals surface area contributed by atoms with Gasteiger partial charge < -0.3 is 10.2 Å². The maximum atomic E-state index is 14.8. The Kier molecular flexibility index (Phi) is 10.9. The highest BCUT2D eigenvalue weighted by atomic mass is 35.5. The molecule has 0 aliphatic heterocycles. The van der Waals surface area contributed by atoms with Gasteiger partial charge in [0.05, 0.1) is 11.9 Å². The summed E-state index contributed by atoms with van der Waals surface area (Å²) in [6, 6.07) is 20.9. The molecule has 0 bridgehead atoms. The van der Waals surface area contributed by atoms with Crippen LogP contribution in [-0.4, -0.2) is 49.5 Å². The van der Waals surface area contributed by atoms with E-state index in [0.29, 0.717) is 10.7 Å². The Morgan fingerprint density at radius 3 is 2.15 bits per heavy atom. The quantitative estimate of drug-likeness (QED) is 0.294. The Balaban J connectivity index is 1.91. The van der Waals surface area contributed by atoms with Crippen molar-refractivity contribution in [3.8, 4) is 0 Å². The molecular weight excluding hydrogens is 565 g/mol. The van der Waals surface area contributed by atoms with E-state index in [-0.39, 0.29) is 49.7 Å². The van der Waals surface area contributed by atoms with Crippen molar-refractivity contribution in [3.63, 3.8) is 0 Å². The van der Waals surface area contributed by atoms with Crippen molar-refractivity contribution in [1.29, 1.82) is 0 Å². The number of amides is 2. The molecule has 0 aromatic heterocycles. The van der Waals surface area contributed by atoms with E-state index < -0.39 is 27.4 Å². The van der Waals surface area contributed by atoms with Crippen LogP contribution in [-0.2, 0) is 32.6 Å². The van der Waals surface area contributed by atoms with Gasteiger partial charge >= 0.3 is 0 Å². The fourth-order valence-electron chi connectivity index (χ4n) is 4.43. The predicted molar refractivity (Wildman–Crippen MR) is 162 cm³/mol. The fraction of sp³-hybridized carbons (Fsp3) is 0.355. The normalized spacial score (nSPS) is 12.4. The van der Waals surface area contributed by atoms with Crippen LogP contribution in [0.5, 0.6) is 0 Å². The van der Waals surface area contributed by atoms with Crippen molar-refractivity contribution < 1.29 is 22.4 Å². The van der Waals surface area contributed by atoms with Crippen molar-refractivity contribution in [2.45, 2.75) is 58.2 Å². The molecule has 0 heterocycles. The molecule has 41 heavy (non-hydrogen) atoms. The molecule has 0 saturated carbocycles. The molecule has 3 rings (SSSR count). The largest absolute Gasteiger partial charge is 0.350 e. The lowest BCUT2D eigenvalue weighted by Crippen LogP contribution is -2.54. The zero-order valence-electron chi connectivity index (χ0n) is 23.8. The van der Waals surface area contributed by atoms with Crippen LogP contribution in [0.25, 0.3) is 0 Å². The first-order valence-corrected chi connectivity index (χ1v) is 15.6. The number of hydrogen-bond donors (Lipinski definition) is 1. The van der Waals surface area contributed by atoms with E-state index in [0.717, 1.165) is 11.8 Å². The van der Waals surface area contributed by atoms with Gasteiger partial charge in [-0.25, -0.2) is 12.8 Å². The lowest BCUT2D eigenvalue weighted by Gasteiger charge is -2.34. The monoisotopic (exact) mass is 601 g/mol. The average Bonchev–Trinajstić information content (AvgIpc) is 2.89. The first-order chi connectivity index (χ1) is 19.2. The molecule has 0 unspecified atom stereocenters. The van der Waals surface area contributed by atoms with E-state index in [1.807, 2.05) is 51.1 Å². The van der Waals surface area contributed by atoms with Gasteiger partial charge in [-0.15, -0.1) is 0 Å². The Hall–Kier alpha value is -3.43. The third-order valence-corrected chi connectivity index (χ3v) is 7.78. The highest BCUT2D eigenvalue weighted by Gasteiger charge is 2.32. The first kappa shape index (κ1) is 32.1. The van der Waals surface area contributed by atoms with Crippen molar-refractivity contribution in [2.75, 3.05) is 17.1 Å². The summed E-state index contributed by atoms with van der Waals surface area (Å²) in [5.41, 5.74) is 0.993. The summed E-state index contributed by atoms with van der Waals surface area (Å²) in [6.45, 7) is 5.48. The van der Waals surface area contributed by atoms with Crippen LogP contribution in [0.4, 0.5) is 10.1 Å². The summed E-state index contributed by atoms with van der Waals surface area (Å²) in [7, 11) is -3.64. The second-order valence-corrected chi connectivity index (χ2v) is 13.3. The number of hydrogen-bond acceptors (Lipinski definition) is 4. The molecule has 0 radical (unpaired) electrons. The van der Waals surface area contributed by atoms with Crippen LogP contribution >= 0.6 is 11.6 Å². The molecule has 0 spiro atoms. The number of benzene rings is 3. The van der Waals surface area contributed by atoms with E-state index >= 15 is 0 Å². The molecule has 1 atom stereocenters. The third kappa shape index (κ3) is 9.86. The van der Waals surface area contributed by atoms with Gasteiger partial charge in [-0.05, 0) is 63.1 Å². The summed E-state index contributed by atoms with van der Waals surface area (Å²) in [5.74, 6) is -1.22. The number of rotatable bonds is 12. The Bertz CT molecular complexity index is 1430. The molecule has 0 saturated heterocycles. The zero-order valence-corrected chi connectivity index (χ0v) is 25.4. The van der Waals surface area contributed by atoms with Gasteiger partial charge in [-0.1, -0.05) is 60.1 Å². The number of anilines is 1. The predicted octanol–water partition coefficient (Wildman–Crippen LogP) is 5.58. The average molecular weight is 602 g/mol. The van der Waals surface area contributed by atoms with Gasteiger partial charge in [0.15, 0.2) is 0 Å². The van der Waals surface area contributed by atoms with Crippen LogP contribution in [0.3, 0.4) is 0 Å². The molecule has 7 nitrogen and oxygen atoms in total. The summed E-state index contributed by atoms with van der Waals surface area (Å²) in [5, 5.41) is 3.44. The Morgan fingerprint density at radius 2 is 1.56 bits per heavy atom. The molecule has 0 aliphatic rings. The van der Waals surface area contributed by atoms with Crippen molar-refractivity contribution in [2.24, 2.45) is 0 Å². The van der Waals surface area contributed by atoms with E-state index in [2.05, 4.69) is 5.32 Å². The summed E-state index contributed by atoms with van der Waals surface area (Å²) in [4.78, 5) is 28.8. The van der Waals surface area contributed by atoms with Gasteiger partial charge in [-0.2, -0.15) is 0 Å². The zero-order chi connectivity index (χ0) is 30.2. The summed E-state index contributed by atoms with van der Waals surface area (Å²) < 4.78 is 41.1. The standard InChI is InChI=1S/C31H37ClFN3O4S/c1-31(2,3)34-30(38)28(21-23-11-6-5-7-12-23)35(22-24-13-8-9-14-27(24)33)29(37)15-10-20-36(41(4,39)40)26-18-16-25(32)17-19-26/h5-9,11-14,16-19,28H,10,15,20-22H2,1-4H3,(H,34,38)/t28-/m1/s1. The van der Waals surface area contributed by atoms with Gasteiger partial charge in [-0.3, -0.25) is 13.9 Å². The van der Waals surface area contributed by atoms with Gasteiger partial charge in [0.1, 0.15) is 11.9 Å². The minimum Gasteiger partial charge on any atom is -0.350 e. The minimum absolute atomic E-state index is 0.0390. The van der Waals surface area contributed by atoms with Crippen molar-refractivity contribution >= 4 is 39.1 Å². The summed E-state index contributed by atoms with van der Waals surface area (Å²) in [6.07, 6.45) is 1.45. The van der Waals surface area contributed by atoms with Crippen LogP contribution in [0.2, 0.25) is 5.02 Å². The highest BCUT2D eigenvalue weighted by molar-refractivity contribution is 7.92. The lowest BCUT2D eigenvalue weighted by atomic mass is 10.00. The minimum atomic E-state index is -3.64. The molecule has 2 amide bonds.